The molecule has 0 unspecified atom stereocenters. The van der Waals surface area contributed by atoms with E-state index in [1.54, 1.807) is 17.0 Å². The van der Waals surface area contributed by atoms with E-state index >= 15 is 0 Å². The molecule has 35 heavy (non-hydrogen) atoms. The maximum Gasteiger partial charge on any atom is 0.229 e. The summed E-state index contributed by atoms with van der Waals surface area (Å²) in [7, 11) is 0. The molecule has 0 aliphatic carbocycles. The molecule has 0 bridgehead atoms. The highest BCUT2D eigenvalue weighted by molar-refractivity contribution is 6.03. The van der Waals surface area contributed by atoms with Crippen LogP contribution in [0.1, 0.15) is 31.5 Å². The molecule has 1 aromatic heterocycles. The van der Waals surface area contributed by atoms with Crippen molar-refractivity contribution in [2.45, 2.75) is 38.6 Å². The van der Waals surface area contributed by atoms with Crippen LogP contribution in [0.5, 0.6) is 11.5 Å². The van der Waals surface area contributed by atoms with E-state index in [-0.39, 0.29) is 18.2 Å². The van der Waals surface area contributed by atoms with E-state index in [4.69, 9.17) is 9.47 Å². The van der Waals surface area contributed by atoms with E-state index in [1.807, 2.05) is 30.3 Å². The fourth-order valence-corrected chi connectivity index (χ4v) is 4.98. The normalized spacial score (nSPS) is 19.3. The van der Waals surface area contributed by atoms with Crippen LogP contribution in [0.4, 0.5) is 11.4 Å². The molecule has 0 spiro atoms. The predicted molar refractivity (Wildman–Crippen MR) is 130 cm³/mol. The summed E-state index contributed by atoms with van der Waals surface area (Å²) < 4.78 is 13.4. The van der Waals surface area contributed by atoms with Gasteiger partial charge in [-0.3, -0.25) is 9.59 Å². The summed E-state index contributed by atoms with van der Waals surface area (Å²) in [6.07, 6.45) is 4.63. The number of carbonyl (C=O) groups excluding carboxylic acids is 2. The average molecular weight is 474 g/mol. The van der Waals surface area contributed by atoms with Crippen molar-refractivity contribution in [2.24, 2.45) is 5.92 Å². The Kier molecular flexibility index (Phi) is 5.60. The van der Waals surface area contributed by atoms with E-state index in [0.717, 1.165) is 43.0 Å². The van der Waals surface area contributed by atoms with Crippen LogP contribution in [0, 0.1) is 5.92 Å². The summed E-state index contributed by atoms with van der Waals surface area (Å²) in [6.45, 7) is 2.26. The summed E-state index contributed by atoms with van der Waals surface area (Å²) in [5.74, 6) is 2.54. The number of anilines is 2. The van der Waals surface area contributed by atoms with Crippen molar-refractivity contribution < 1.29 is 19.1 Å². The molecule has 3 aromatic rings. The van der Waals surface area contributed by atoms with Crippen molar-refractivity contribution in [2.75, 3.05) is 30.0 Å². The van der Waals surface area contributed by atoms with Crippen molar-refractivity contribution in [1.82, 2.24) is 14.8 Å². The number of hydrogen-bond donors (Lipinski definition) is 1. The SMILES string of the molecule is O=C(Nc1ccc(-c2nnc3n2CCCCC3)cc1)[C@H]1CC(=O)N(c2ccc3c(c2)OCCO3)C1. The second kappa shape index (κ2) is 9.05. The number of benzene rings is 2. The van der Waals surface area contributed by atoms with Crippen LogP contribution in [0.25, 0.3) is 11.4 Å². The largest absolute Gasteiger partial charge is 0.486 e. The molecule has 6 rings (SSSR count). The Morgan fingerprint density at radius 1 is 0.971 bits per heavy atom. The second-order valence-electron chi connectivity index (χ2n) is 9.20. The average Bonchev–Trinajstić information content (AvgIpc) is 3.39. The number of rotatable bonds is 4. The minimum Gasteiger partial charge on any atom is -0.486 e. The number of fused-ring (bicyclic) bond motifs is 2. The zero-order valence-corrected chi connectivity index (χ0v) is 19.4. The van der Waals surface area contributed by atoms with Crippen LogP contribution in [-0.2, 0) is 22.6 Å². The monoisotopic (exact) mass is 473 g/mol. The van der Waals surface area contributed by atoms with Crippen molar-refractivity contribution in [3.63, 3.8) is 0 Å². The van der Waals surface area contributed by atoms with Gasteiger partial charge in [-0.05, 0) is 49.2 Å². The number of nitrogens with one attached hydrogen (secondary N) is 1. The lowest BCUT2D eigenvalue weighted by Crippen LogP contribution is -2.28. The van der Waals surface area contributed by atoms with Gasteiger partial charge in [0.05, 0.1) is 5.92 Å². The topological polar surface area (TPSA) is 98.6 Å². The number of aromatic nitrogens is 3. The molecular weight excluding hydrogens is 446 g/mol. The van der Waals surface area contributed by atoms with Gasteiger partial charge in [-0.1, -0.05) is 6.42 Å². The third-order valence-corrected chi connectivity index (χ3v) is 6.85. The first-order valence-electron chi connectivity index (χ1n) is 12.2. The standard InChI is InChI=1S/C26H27N5O4/c32-24-14-18(16-31(24)20-9-10-21-22(15-20)35-13-12-34-21)26(33)27-19-7-5-17(6-8-19)25-29-28-23-4-2-1-3-11-30(23)25/h5-10,15,18H,1-4,11-14,16H2,(H,27,33)/t18-/m0/s1. The minimum atomic E-state index is -0.428. The molecule has 0 saturated carbocycles. The predicted octanol–water partition coefficient (Wildman–Crippen LogP) is 3.43. The molecule has 1 atom stereocenters. The van der Waals surface area contributed by atoms with Crippen LogP contribution in [0.2, 0.25) is 0 Å². The van der Waals surface area contributed by atoms with Gasteiger partial charge in [-0.15, -0.1) is 10.2 Å². The molecule has 3 aliphatic heterocycles. The number of ether oxygens (including phenoxy) is 2. The van der Waals surface area contributed by atoms with Gasteiger partial charge in [0, 0.05) is 48.9 Å². The van der Waals surface area contributed by atoms with Gasteiger partial charge in [0.25, 0.3) is 0 Å². The lowest BCUT2D eigenvalue weighted by molar-refractivity contribution is -0.122. The van der Waals surface area contributed by atoms with E-state index in [9.17, 15) is 9.59 Å². The highest BCUT2D eigenvalue weighted by Gasteiger charge is 2.35. The first-order chi connectivity index (χ1) is 17.2. The zero-order valence-electron chi connectivity index (χ0n) is 19.4. The van der Waals surface area contributed by atoms with E-state index in [2.05, 4.69) is 20.1 Å². The summed E-state index contributed by atoms with van der Waals surface area (Å²) in [5.41, 5.74) is 2.38. The molecule has 9 heteroatoms. The van der Waals surface area contributed by atoms with Crippen LogP contribution in [-0.4, -0.2) is 46.3 Å². The molecule has 1 N–H and O–H groups in total. The fraction of sp³-hybridized carbons (Fsp3) is 0.385. The fourth-order valence-electron chi connectivity index (χ4n) is 4.98. The highest BCUT2D eigenvalue weighted by Crippen LogP contribution is 2.36. The second-order valence-corrected chi connectivity index (χ2v) is 9.20. The Bertz CT molecular complexity index is 1270. The molecule has 2 amide bonds. The zero-order chi connectivity index (χ0) is 23.8. The molecule has 1 fully saturated rings. The molecule has 1 saturated heterocycles. The van der Waals surface area contributed by atoms with Gasteiger partial charge in [0.15, 0.2) is 17.3 Å². The van der Waals surface area contributed by atoms with Gasteiger partial charge in [-0.25, -0.2) is 0 Å². The minimum absolute atomic E-state index is 0.0790. The van der Waals surface area contributed by atoms with Crippen LogP contribution >= 0.6 is 0 Å². The first-order valence-corrected chi connectivity index (χ1v) is 12.2. The van der Waals surface area contributed by atoms with Gasteiger partial charge in [0.1, 0.15) is 19.0 Å². The lowest BCUT2D eigenvalue weighted by Gasteiger charge is -2.22. The lowest BCUT2D eigenvalue weighted by atomic mass is 10.1. The molecule has 9 nitrogen and oxygen atoms in total. The molecule has 180 valence electrons. The smallest absolute Gasteiger partial charge is 0.229 e. The maximum atomic E-state index is 13.0. The van der Waals surface area contributed by atoms with Gasteiger partial charge in [0.2, 0.25) is 11.8 Å². The number of aryl methyl sites for hydroxylation is 1. The van der Waals surface area contributed by atoms with Crippen molar-refractivity contribution in [3.8, 4) is 22.9 Å². The molecule has 2 aromatic carbocycles. The third kappa shape index (κ3) is 4.22. The molecule has 3 aliphatic rings. The third-order valence-electron chi connectivity index (χ3n) is 6.85. The number of hydrogen-bond acceptors (Lipinski definition) is 6. The van der Waals surface area contributed by atoms with Crippen LogP contribution < -0.4 is 19.7 Å². The maximum absolute atomic E-state index is 13.0. The van der Waals surface area contributed by atoms with Crippen LogP contribution in [0.15, 0.2) is 42.5 Å². The number of carbonyl (C=O) groups is 2. The number of amides is 2. The molecular formula is C26H27N5O4. The Labute approximate surface area is 203 Å². The molecule has 4 heterocycles. The van der Waals surface area contributed by atoms with E-state index < -0.39 is 5.92 Å². The quantitative estimate of drug-likeness (QED) is 0.623. The Morgan fingerprint density at radius 2 is 1.80 bits per heavy atom. The van der Waals surface area contributed by atoms with Gasteiger partial charge >= 0.3 is 0 Å². The summed E-state index contributed by atoms with van der Waals surface area (Å²) in [6, 6.07) is 13.1. The van der Waals surface area contributed by atoms with Gasteiger partial charge in [-0.2, -0.15) is 0 Å². The Hall–Kier alpha value is -3.88. The first kappa shape index (κ1) is 21.6. The Balaban J connectivity index is 1.12. The summed E-state index contributed by atoms with van der Waals surface area (Å²) in [5, 5.41) is 11.7. The van der Waals surface area contributed by atoms with Crippen LogP contribution in [0.3, 0.4) is 0 Å². The van der Waals surface area contributed by atoms with E-state index in [0.29, 0.717) is 42.6 Å². The van der Waals surface area contributed by atoms with Crippen molar-refractivity contribution in [3.05, 3.63) is 48.3 Å². The summed E-state index contributed by atoms with van der Waals surface area (Å²) in [4.78, 5) is 27.3. The Morgan fingerprint density at radius 3 is 2.66 bits per heavy atom. The highest BCUT2D eigenvalue weighted by atomic mass is 16.6. The summed E-state index contributed by atoms with van der Waals surface area (Å²) >= 11 is 0. The van der Waals surface area contributed by atoms with Gasteiger partial charge < -0.3 is 24.3 Å². The number of nitrogens with zero attached hydrogens (tertiary/aromatic N) is 4. The molecule has 0 radical (unpaired) electrons. The van der Waals surface area contributed by atoms with Crippen molar-refractivity contribution >= 4 is 23.2 Å². The van der Waals surface area contributed by atoms with E-state index in [1.165, 1.54) is 6.42 Å². The van der Waals surface area contributed by atoms with Crippen molar-refractivity contribution in [1.29, 1.82) is 0 Å².